The van der Waals surface area contributed by atoms with E-state index in [4.69, 9.17) is 44.3 Å². The summed E-state index contributed by atoms with van der Waals surface area (Å²) >= 11 is 18.1. The van der Waals surface area contributed by atoms with Crippen LogP contribution in [-0.2, 0) is 4.79 Å². The zero-order valence-corrected chi connectivity index (χ0v) is 15.2. The van der Waals surface area contributed by atoms with Gasteiger partial charge in [-0.05, 0) is 12.1 Å². The van der Waals surface area contributed by atoms with Crippen LogP contribution in [0.2, 0.25) is 15.1 Å². The third-order valence-electron chi connectivity index (χ3n) is 3.14. The van der Waals surface area contributed by atoms with Crippen molar-refractivity contribution in [3.63, 3.8) is 0 Å². The number of nitrogens with one attached hydrogen (secondary N) is 2. The van der Waals surface area contributed by atoms with Gasteiger partial charge in [0, 0.05) is 12.1 Å². The zero-order chi connectivity index (χ0) is 17.7. The second-order valence-corrected chi connectivity index (χ2v) is 5.91. The molecule has 1 amide bonds. The standard InChI is InChI=1S/C16H15Cl3N2O3/c1-23-13-7-12(14(24-2)6-11(13)19)20-8-15(22)21-16-9(17)4-3-5-10(16)18/h3-7,20H,8H2,1-2H3,(H,21,22). The van der Waals surface area contributed by atoms with Crippen molar-refractivity contribution in [2.45, 2.75) is 0 Å². The van der Waals surface area contributed by atoms with Crippen molar-refractivity contribution in [3.8, 4) is 11.5 Å². The molecule has 2 N–H and O–H groups in total. The number of benzene rings is 2. The van der Waals surface area contributed by atoms with Gasteiger partial charge in [-0.15, -0.1) is 0 Å². The molecule has 0 saturated carbocycles. The number of anilines is 2. The highest BCUT2D eigenvalue weighted by Gasteiger charge is 2.13. The molecule has 0 atom stereocenters. The number of carbonyl (C=O) groups excluding carboxylic acids is 1. The van der Waals surface area contributed by atoms with Crippen LogP contribution in [0.5, 0.6) is 11.5 Å². The zero-order valence-electron chi connectivity index (χ0n) is 13.0. The summed E-state index contributed by atoms with van der Waals surface area (Å²) in [5.74, 6) is 0.639. The number of para-hydroxylation sites is 1. The molecule has 5 nitrogen and oxygen atoms in total. The summed E-state index contributed by atoms with van der Waals surface area (Å²) in [6.45, 7) is -0.0251. The number of ether oxygens (including phenoxy) is 2. The lowest BCUT2D eigenvalue weighted by molar-refractivity contribution is -0.114. The largest absolute Gasteiger partial charge is 0.495 e. The minimum Gasteiger partial charge on any atom is -0.495 e. The highest BCUT2D eigenvalue weighted by Crippen LogP contribution is 2.36. The highest BCUT2D eigenvalue weighted by molar-refractivity contribution is 6.39. The Morgan fingerprint density at radius 3 is 2.21 bits per heavy atom. The van der Waals surface area contributed by atoms with Crippen LogP contribution in [0.1, 0.15) is 0 Å². The maximum atomic E-state index is 12.1. The summed E-state index contributed by atoms with van der Waals surface area (Å²) < 4.78 is 10.4. The molecule has 0 unspecified atom stereocenters. The third-order valence-corrected chi connectivity index (χ3v) is 4.07. The summed E-state index contributed by atoms with van der Waals surface area (Å²) in [7, 11) is 3.01. The number of amides is 1. The summed E-state index contributed by atoms with van der Waals surface area (Å²) in [5.41, 5.74) is 0.937. The van der Waals surface area contributed by atoms with Gasteiger partial charge in [-0.25, -0.2) is 0 Å². The van der Waals surface area contributed by atoms with Crippen molar-refractivity contribution in [2.24, 2.45) is 0 Å². The topological polar surface area (TPSA) is 59.6 Å². The van der Waals surface area contributed by atoms with E-state index in [1.807, 2.05) is 0 Å². The molecule has 24 heavy (non-hydrogen) atoms. The van der Waals surface area contributed by atoms with Gasteiger partial charge in [0.25, 0.3) is 0 Å². The monoisotopic (exact) mass is 388 g/mol. The molecule has 0 heterocycles. The maximum Gasteiger partial charge on any atom is 0.243 e. The number of carbonyl (C=O) groups is 1. The molecule has 0 aliphatic rings. The Balaban J connectivity index is 2.09. The fourth-order valence-corrected chi connectivity index (χ4v) is 2.70. The average Bonchev–Trinajstić information content (AvgIpc) is 2.56. The van der Waals surface area contributed by atoms with Crippen molar-refractivity contribution in [1.29, 1.82) is 0 Å². The molecule has 2 aromatic rings. The molecule has 0 saturated heterocycles. The van der Waals surface area contributed by atoms with Gasteiger partial charge in [-0.2, -0.15) is 0 Å². The van der Waals surface area contributed by atoms with Crippen molar-refractivity contribution in [3.05, 3.63) is 45.4 Å². The van der Waals surface area contributed by atoms with E-state index in [9.17, 15) is 4.79 Å². The molecule has 2 aromatic carbocycles. The predicted octanol–water partition coefficient (Wildman–Crippen LogP) is 4.71. The normalized spacial score (nSPS) is 10.2. The van der Waals surface area contributed by atoms with E-state index >= 15 is 0 Å². The molecule has 0 aliphatic heterocycles. The summed E-state index contributed by atoms with van der Waals surface area (Å²) in [6, 6.07) is 8.24. The Kier molecular flexibility index (Phi) is 6.43. The van der Waals surface area contributed by atoms with Crippen LogP contribution in [0.15, 0.2) is 30.3 Å². The molecule has 0 aromatic heterocycles. The van der Waals surface area contributed by atoms with Crippen molar-refractivity contribution < 1.29 is 14.3 Å². The fraction of sp³-hybridized carbons (Fsp3) is 0.188. The van der Waals surface area contributed by atoms with Gasteiger partial charge in [0.15, 0.2) is 0 Å². The van der Waals surface area contributed by atoms with Crippen LogP contribution in [0.4, 0.5) is 11.4 Å². The fourth-order valence-electron chi connectivity index (χ4n) is 1.97. The Morgan fingerprint density at radius 2 is 1.62 bits per heavy atom. The molecular formula is C16H15Cl3N2O3. The molecule has 0 spiro atoms. The predicted molar refractivity (Wildman–Crippen MR) is 98.1 cm³/mol. The third kappa shape index (κ3) is 4.38. The molecule has 8 heteroatoms. The van der Waals surface area contributed by atoms with Gasteiger partial charge < -0.3 is 20.1 Å². The molecule has 0 aliphatic carbocycles. The number of hydrogen-bond donors (Lipinski definition) is 2. The van der Waals surface area contributed by atoms with Crippen molar-refractivity contribution in [2.75, 3.05) is 31.4 Å². The lowest BCUT2D eigenvalue weighted by Gasteiger charge is -2.14. The maximum absolute atomic E-state index is 12.1. The number of hydrogen-bond acceptors (Lipinski definition) is 4. The number of halogens is 3. The van der Waals surface area contributed by atoms with Crippen molar-refractivity contribution >= 4 is 52.1 Å². The van der Waals surface area contributed by atoms with Gasteiger partial charge in [-0.1, -0.05) is 40.9 Å². The van der Waals surface area contributed by atoms with Gasteiger partial charge in [-0.3, -0.25) is 4.79 Å². The van der Waals surface area contributed by atoms with Gasteiger partial charge in [0.1, 0.15) is 11.5 Å². The highest BCUT2D eigenvalue weighted by atomic mass is 35.5. The first-order chi connectivity index (χ1) is 11.5. The molecule has 0 bridgehead atoms. The SMILES string of the molecule is COc1cc(NCC(=O)Nc2c(Cl)cccc2Cl)c(OC)cc1Cl. The summed E-state index contributed by atoms with van der Waals surface area (Å²) in [4.78, 5) is 12.1. The summed E-state index contributed by atoms with van der Waals surface area (Å²) in [6.07, 6.45) is 0. The summed E-state index contributed by atoms with van der Waals surface area (Å²) in [5, 5.41) is 6.76. The van der Waals surface area contributed by atoms with Gasteiger partial charge in [0.2, 0.25) is 5.91 Å². The number of rotatable bonds is 6. The first-order valence-electron chi connectivity index (χ1n) is 6.85. The van der Waals surface area contributed by atoms with Crippen molar-refractivity contribution in [1.82, 2.24) is 0 Å². The van der Waals surface area contributed by atoms with Crippen LogP contribution in [-0.4, -0.2) is 26.7 Å². The minimum absolute atomic E-state index is 0.0251. The second-order valence-electron chi connectivity index (χ2n) is 4.69. The lowest BCUT2D eigenvalue weighted by Crippen LogP contribution is -2.22. The molecule has 0 fully saturated rings. The van der Waals surface area contributed by atoms with E-state index in [-0.39, 0.29) is 12.5 Å². The van der Waals surface area contributed by atoms with Crippen LogP contribution in [0.25, 0.3) is 0 Å². The average molecular weight is 390 g/mol. The van der Waals surface area contributed by atoms with Crippen LogP contribution in [0.3, 0.4) is 0 Å². The van der Waals surface area contributed by atoms with Gasteiger partial charge in [0.05, 0.1) is 47.2 Å². The molecular weight excluding hydrogens is 375 g/mol. The van der Waals surface area contributed by atoms with E-state index in [2.05, 4.69) is 10.6 Å². The van der Waals surface area contributed by atoms with Crippen LogP contribution < -0.4 is 20.1 Å². The molecule has 0 radical (unpaired) electrons. The number of methoxy groups -OCH3 is 2. The van der Waals surface area contributed by atoms with E-state index in [0.29, 0.717) is 37.9 Å². The Hall–Kier alpha value is -1.82. The Morgan fingerprint density at radius 1 is 1.00 bits per heavy atom. The van der Waals surface area contributed by atoms with E-state index in [0.717, 1.165) is 0 Å². The second kappa shape index (κ2) is 8.33. The lowest BCUT2D eigenvalue weighted by atomic mass is 10.2. The first kappa shape index (κ1) is 18.5. The molecule has 128 valence electrons. The van der Waals surface area contributed by atoms with Crippen LogP contribution >= 0.6 is 34.8 Å². The first-order valence-corrected chi connectivity index (χ1v) is 7.99. The van der Waals surface area contributed by atoms with E-state index in [1.165, 1.54) is 14.2 Å². The Bertz CT molecular complexity index is 733. The smallest absolute Gasteiger partial charge is 0.243 e. The van der Waals surface area contributed by atoms with Gasteiger partial charge >= 0.3 is 0 Å². The van der Waals surface area contributed by atoms with Crippen LogP contribution in [0, 0.1) is 0 Å². The molecule has 2 rings (SSSR count). The van der Waals surface area contributed by atoms with E-state index < -0.39 is 0 Å². The quantitative estimate of drug-likeness (QED) is 0.751. The Labute approximate surface area is 154 Å². The minimum atomic E-state index is -0.319. The van der Waals surface area contributed by atoms with E-state index in [1.54, 1.807) is 30.3 Å².